The number of hydrogen-bond donors (Lipinski definition) is 2. The molecule has 8 heteroatoms. The van der Waals surface area contributed by atoms with Crippen molar-refractivity contribution in [3.63, 3.8) is 0 Å². The van der Waals surface area contributed by atoms with Crippen molar-refractivity contribution in [1.82, 2.24) is 14.6 Å². The average molecular weight is 340 g/mol. The van der Waals surface area contributed by atoms with Gasteiger partial charge in [-0.1, -0.05) is 12.1 Å². The molecule has 0 bridgehead atoms. The van der Waals surface area contributed by atoms with Crippen molar-refractivity contribution in [1.29, 1.82) is 0 Å². The van der Waals surface area contributed by atoms with Gasteiger partial charge >= 0.3 is 0 Å². The summed E-state index contributed by atoms with van der Waals surface area (Å²) in [6.45, 7) is 3.14. The highest BCUT2D eigenvalue weighted by molar-refractivity contribution is 7.87. The lowest BCUT2D eigenvalue weighted by Crippen LogP contribution is -2.42. The molecule has 0 spiro atoms. The number of benzene rings is 1. The summed E-state index contributed by atoms with van der Waals surface area (Å²) in [5, 5.41) is 6.11. The quantitative estimate of drug-likeness (QED) is 0.859. The summed E-state index contributed by atoms with van der Waals surface area (Å²) < 4.78 is 25.6. The van der Waals surface area contributed by atoms with Gasteiger partial charge in [-0.2, -0.15) is 8.42 Å². The van der Waals surface area contributed by atoms with Crippen LogP contribution < -0.4 is 9.86 Å². The molecule has 3 N–H and O–H groups in total. The molecule has 6 nitrogen and oxygen atoms in total. The summed E-state index contributed by atoms with van der Waals surface area (Å²) >= 11 is 1.73. The van der Waals surface area contributed by atoms with Crippen LogP contribution in [-0.2, 0) is 16.8 Å². The Morgan fingerprint density at radius 3 is 3.00 bits per heavy atom. The summed E-state index contributed by atoms with van der Waals surface area (Å²) in [5.41, 5.74) is 1.05. The minimum Gasteiger partial charge on any atom is -0.296 e. The Balaban J connectivity index is 1.60. The maximum Gasteiger partial charge on any atom is 0.274 e. The normalized spacial score (nSPS) is 20.5. The molecule has 1 fully saturated rings. The SMILES string of the molecule is NS(=O)(=O)NCC1CCCN(Cc2nc3ccccc3s2)C1. The number of nitrogens with two attached hydrogens (primary N) is 1. The molecular formula is C14H20N4O2S2. The van der Waals surface area contributed by atoms with Crippen molar-refractivity contribution in [2.24, 2.45) is 11.1 Å². The second-order valence-electron chi connectivity index (χ2n) is 5.71. The number of likely N-dealkylation sites (tertiary alicyclic amines) is 1. The van der Waals surface area contributed by atoms with Crippen molar-refractivity contribution < 1.29 is 8.42 Å². The first-order valence-corrected chi connectivity index (χ1v) is 9.70. The van der Waals surface area contributed by atoms with Crippen LogP contribution in [-0.4, -0.2) is 37.9 Å². The number of thiazole rings is 1. The van der Waals surface area contributed by atoms with Gasteiger partial charge < -0.3 is 0 Å². The molecule has 2 aromatic rings. The maximum absolute atomic E-state index is 11.0. The molecule has 0 aliphatic carbocycles. The molecule has 0 saturated carbocycles. The molecule has 2 heterocycles. The fraction of sp³-hybridized carbons (Fsp3) is 0.500. The maximum atomic E-state index is 11.0. The van der Waals surface area contributed by atoms with Crippen molar-refractivity contribution in [2.45, 2.75) is 19.4 Å². The van der Waals surface area contributed by atoms with E-state index in [-0.39, 0.29) is 0 Å². The van der Waals surface area contributed by atoms with Crippen LogP contribution in [0.1, 0.15) is 17.8 Å². The van der Waals surface area contributed by atoms with Gasteiger partial charge in [-0.25, -0.2) is 14.8 Å². The molecule has 1 saturated heterocycles. The van der Waals surface area contributed by atoms with E-state index in [2.05, 4.69) is 20.7 Å². The first-order valence-electron chi connectivity index (χ1n) is 7.34. The number of piperidine rings is 1. The zero-order valence-electron chi connectivity index (χ0n) is 12.2. The second kappa shape index (κ2) is 6.59. The first kappa shape index (κ1) is 15.8. The number of hydrogen-bond acceptors (Lipinski definition) is 5. The molecule has 1 aromatic carbocycles. The van der Waals surface area contributed by atoms with E-state index in [9.17, 15) is 8.42 Å². The van der Waals surface area contributed by atoms with Crippen LogP contribution in [0, 0.1) is 5.92 Å². The molecule has 1 aromatic heterocycles. The van der Waals surface area contributed by atoms with E-state index in [4.69, 9.17) is 5.14 Å². The highest BCUT2D eigenvalue weighted by atomic mass is 32.2. The predicted octanol–water partition coefficient (Wildman–Crippen LogP) is 1.30. The third-order valence-corrected chi connectivity index (χ3v) is 5.46. The van der Waals surface area contributed by atoms with Gasteiger partial charge in [-0.3, -0.25) is 4.90 Å². The van der Waals surface area contributed by atoms with E-state index in [1.54, 1.807) is 11.3 Å². The molecular weight excluding hydrogens is 320 g/mol. The lowest BCUT2D eigenvalue weighted by molar-refractivity contribution is 0.169. The van der Waals surface area contributed by atoms with Crippen molar-refractivity contribution in [3.8, 4) is 0 Å². The zero-order chi connectivity index (χ0) is 15.6. The average Bonchev–Trinajstić information content (AvgIpc) is 2.87. The minimum absolute atomic E-state index is 0.307. The number of aromatic nitrogens is 1. The van der Waals surface area contributed by atoms with E-state index < -0.39 is 10.2 Å². The van der Waals surface area contributed by atoms with Gasteiger partial charge in [0.2, 0.25) is 0 Å². The predicted molar refractivity (Wildman–Crippen MR) is 88.7 cm³/mol. The lowest BCUT2D eigenvalue weighted by Gasteiger charge is -2.32. The van der Waals surface area contributed by atoms with Crippen molar-refractivity contribution in [3.05, 3.63) is 29.3 Å². The molecule has 0 amide bonds. The fourth-order valence-corrected chi connectivity index (χ4v) is 4.35. The van der Waals surface area contributed by atoms with E-state index >= 15 is 0 Å². The van der Waals surface area contributed by atoms with Crippen LogP contribution >= 0.6 is 11.3 Å². The fourth-order valence-electron chi connectivity index (χ4n) is 2.87. The molecule has 1 unspecified atom stereocenters. The van der Waals surface area contributed by atoms with Crippen LogP contribution in [0.25, 0.3) is 10.2 Å². The second-order valence-corrected chi connectivity index (χ2v) is 8.21. The molecule has 22 heavy (non-hydrogen) atoms. The van der Waals surface area contributed by atoms with Gasteiger partial charge in [0.05, 0.1) is 16.8 Å². The molecule has 1 atom stereocenters. The summed E-state index contributed by atoms with van der Waals surface area (Å²) in [7, 11) is -3.60. The largest absolute Gasteiger partial charge is 0.296 e. The molecule has 1 aliphatic heterocycles. The Labute approximate surface area is 134 Å². The van der Waals surface area contributed by atoms with E-state index in [0.29, 0.717) is 12.5 Å². The highest BCUT2D eigenvalue weighted by Gasteiger charge is 2.21. The Bertz CT molecular complexity index is 711. The number of rotatable bonds is 5. The van der Waals surface area contributed by atoms with E-state index in [1.165, 1.54) is 4.70 Å². The highest BCUT2D eigenvalue weighted by Crippen LogP contribution is 2.24. The van der Waals surface area contributed by atoms with Crippen LogP contribution in [0.15, 0.2) is 24.3 Å². The van der Waals surface area contributed by atoms with Crippen molar-refractivity contribution in [2.75, 3.05) is 19.6 Å². The summed E-state index contributed by atoms with van der Waals surface area (Å²) in [5.74, 6) is 0.307. The van der Waals surface area contributed by atoms with Gasteiger partial charge in [-0.15, -0.1) is 11.3 Å². The van der Waals surface area contributed by atoms with Gasteiger partial charge in [0.1, 0.15) is 5.01 Å². The number of nitrogens with one attached hydrogen (secondary N) is 1. The van der Waals surface area contributed by atoms with Crippen LogP contribution in [0.5, 0.6) is 0 Å². The zero-order valence-corrected chi connectivity index (χ0v) is 13.9. The van der Waals surface area contributed by atoms with Crippen LogP contribution in [0.3, 0.4) is 0 Å². The molecule has 0 radical (unpaired) electrons. The van der Waals surface area contributed by atoms with Crippen molar-refractivity contribution >= 4 is 31.8 Å². The van der Waals surface area contributed by atoms with Crippen LogP contribution in [0.2, 0.25) is 0 Å². The number of fused-ring (bicyclic) bond motifs is 1. The Morgan fingerprint density at radius 1 is 1.41 bits per heavy atom. The molecule has 1 aliphatic rings. The van der Waals surface area contributed by atoms with Gasteiger partial charge in [0, 0.05) is 13.1 Å². The monoisotopic (exact) mass is 340 g/mol. The Kier molecular flexibility index (Phi) is 4.74. The summed E-state index contributed by atoms with van der Waals surface area (Å²) in [6, 6.07) is 8.15. The lowest BCUT2D eigenvalue weighted by atomic mass is 9.98. The van der Waals surface area contributed by atoms with Crippen LogP contribution in [0.4, 0.5) is 0 Å². The third-order valence-electron chi connectivity index (χ3n) is 3.87. The third kappa shape index (κ3) is 4.23. The first-order chi connectivity index (χ1) is 10.5. The standard InChI is InChI=1S/C14H20N4O2S2/c15-22(19,20)16-8-11-4-3-7-18(9-11)10-14-17-12-5-1-2-6-13(12)21-14/h1-2,5-6,11,16H,3-4,7-10H2,(H2,15,19,20). The van der Waals surface area contributed by atoms with Gasteiger partial charge in [0.15, 0.2) is 0 Å². The van der Waals surface area contributed by atoms with E-state index in [0.717, 1.165) is 43.0 Å². The molecule has 120 valence electrons. The number of nitrogens with zero attached hydrogens (tertiary/aromatic N) is 2. The van der Waals surface area contributed by atoms with E-state index in [1.807, 2.05) is 18.2 Å². The Hall–Kier alpha value is -1.06. The Morgan fingerprint density at radius 2 is 2.23 bits per heavy atom. The van der Waals surface area contributed by atoms with Gasteiger partial charge in [-0.05, 0) is 37.4 Å². The molecule has 3 rings (SSSR count). The number of para-hydroxylation sites is 1. The topological polar surface area (TPSA) is 88.3 Å². The smallest absolute Gasteiger partial charge is 0.274 e. The summed E-state index contributed by atoms with van der Waals surface area (Å²) in [4.78, 5) is 7.01. The summed E-state index contributed by atoms with van der Waals surface area (Å²) in [6.07, 6.45) is 2.10. The minimum atomic E-state index is -3.60. The van der Waals surface area contributed by atoms with Gasteiger partial charge in [0.25, 0.3) is 10.2 Å².